The third kappa shape index (κ3) is 5.38. The van der Waals surface area contributed by atoms with Crippen LogP contribution in [0, 0.1) is 17.8 Å². The van der Waals surface area contributed by atoms with E-state index in [1.807, 2.05) is 0 Å². The SMILES string of the molecule is C[C@H]1[C@@H](C)CCC[C@H]1NC(=O)COC(=O)C1CCN(S(=O)(=O)c2cccs2)CC1. The van der Waals surface area contributed by atoms with Gasteiger partial charge in [0.05, 0.1) is 5.92 Å². The van der Waals surface area contributed by atoms with Crippen LogP contribution in [0.4, 0.5) is 0 Å². The Bertz CT molecular complexity index is 801. The predicted octanol–water partition coefficient (Wildman–Crippen LogP) is 2.63. The molecule has 1 amide bonds. The lowest BCUT2D eigenvalue weighted by Gasteiger charge is -2.34. The molecule has 1 saturated carbocycles. The number of esters is 1. The topological polar surface area (TPSA) is 92.8 Å². The number of nitrogens with one attached hydrogen (secondary N) is 1. The molecule has 29 heavy (non-hydrogen) atoms. The lowest BCUT2D eigenvalue weighted by Crippen LogP contribution is -2.45. The quantitative estimate of drug-likeness (QED) is 0.684. The third-order valence-electron chi connectivity index (χ3n) is 6.28. The second-order valence-corrected chi connectivity index (χ2v) is 11.3. The van der Waals surface area contributed by atoms with Crippen molar-refractivity contribution in [2.75, 3.05) is 19.7 Å². The van der Waals surface area contributed by atoms with E-state index in [1.54, 1.807) is 17.5 Å². The van der Waals surface area contributed by atoms with Gasteiger partial charge < -0.3 is 10.1 Å². The molecule has 1 saturated heterocycles. The van der Waals surface area contributed by atoms with Crippen LogP contribution in [-0.4, -0.2) is 50.3 Å². The van der Waals surface area contributed by atoms with Gasteiger partial charge in [0.15, 0.2) is 6.61 Å². The Balaban J connectivity index is 1.42. The number of thiophene rings is 1. The fraction of sp³-hybridized carbons (Fsp3) is 0.700. The Morgan fingerprint density at radius 3 is 2.59 bits per heavy atom. The first-order chi connectivity index (χ1) is 13.8. The van der Waals surface area contributed by atoms with Crippen LogP contribution in [0.15, 0.2) is 21.7 Å². The van der Waals surface area contributed by atoms with Crippen molar-refractivity contribution in [3.63, 3.8) is 0 Å². The van der Waals surface area contributed by atoms with Gasteiger partial charge in [0.2, 0.25) is 0 Å². The number of hydrogen-bond acceptors (Lipinski definition) is 6. The normalized spacial score (nSPS) is 26.8. The summed E-state index contributed by atoms with van der Waals surface area (Å²) in [6.45, 7) is 4.64. The summed E-state index contributed by atoms with van der Waals surface area (Å²) < 4.78 is 32.1. The molecule has 1 aromatic heterocycles. The van der Waals surface area contributed by atoms with Crippen LogP contribution in [0.5, 0.6) is 0 Å². The molecular formula is C20H30N2O5S2. The van der Waals surface area contributed by atoms with Gasteiger partial charge in [-0.1, -0.05) is 32.8 Å². The lowest BCUT2D eigenvalue weighted by atomic mass is 9.78. The summed E-state index contributed by atoms with van der Waals surface area (Å²) in [5.74, 6) is -0.0585. The minimum absolute atomic E-state index is 0.135. The van der Waals surface area contributed by atoms with E-state index in [1.165, 1.54) is 22.1 Å². The number of sulfonamides is 1. The van der Waals surface area contributed by atoms with E-state index < -0.39 is 16.0 Å². The highest BCUT2D eigenvalue weighted by atomic mass is 32.2. The minimum Gasteiger partial charge on any atom is -0.455 e. The van der Waals surface area contributed by atoms with Gasteiger partial charge in [-0.3, -0.25) is 9.59 Å². The number of hydrogen-bond donors (Lipinski definition) is 1. The van der Waals surface area contributed by atoms with Crippen LogP contribution in [0.3, 0.4) is 0 Å². The van der Waals surface area contributed by atoms with Gasteiger partial charge in [-0.2, -0.15) is 4.31 Å². The molecule has 0 unspecified atom stereocenters. The van der Waals surface area contributed by atoms with Crippen LogP contribution < -0.4 is 5.32 Å². The lowest BCUT2D eigenvalue weighted by molar-refractivity contribution is -0.154. The van der Waals surface area contributed by atoms with Gasteiger partial charge >= 0.3 is 5.97 Å². The highest BCUT2D eigenvalue weighted by molar-refractivity contribution is 7.91. The Hall–Kier alpha value is -1.45. The molecule has 2 aliphatic rings. The summed E-state index contributed by atoms with van der Waals surface area (Å²) in [5, 5.41) is 4.73. The van der Waals surface area contributed by atoms with E-state index in [9.17, 15) is 18.0 Å². The zero-order chi connectivity index (χ0) is 21.0. The number of piperidine rings is 1. The maximum absolute atomic E-state index is 12.5. The Morgan fingerprint density at radius 1 is 1.21 bits per heavy atom. The van der Waals surface area contributed by atoms with Crippen molar-refractivity contribution in [2.24, 2.45) is 17.8 Å². The molecule has 0 aromatic carbocycles. The Kier molecular flexibility index (Phi) is 7.34. The molecular weight excluding hydrogens is 412 g/mol. The van der Waals surface area contributed by atoms with Gasteiger partial charge in [-0.05, 0) is 42.5 Å². The molecule has 0 radical (unpaired) electrons. The molecule has 1 aliphatic carbocycles. The molecule has 162 valence electrons. The molecule has 3 rings (SSSR count). The van der Waals surface area contributed by atoms with Crippen LogP contribution in [-0.2, 0) is 24.3 Å². The summed E-state index contributed by atoms with van der Waals surface area (Å²) in [6, 6.07) is 3.43. The van der Waals surface area contributed by atoms with Crippen molar-refractivity contribution in [2.45, 2.75) is 56.2 Å². The standard InChI is InChI=1S/C20H30N2O5S2/c1-14-5-3-6-17(15(14)2)21-18(23)13-27-20(24)16-8-10-22(11-9-16)29(25,26)19-7-4-12-28-19/h4,7,12,14-17H,3,5-6,8-11,13H2,1-2H3,(H,21,23)/t14-,15-,17+/m0/s1. The summed E-state index contributed by atoms with van der Waals surface area (Å²) in [7, 11) is -3.48. The van der Waals surface area contributed by atoms with Gasteiger partial charge in [0.1, 0.15) is 4.21 Å². The number of carbonyl (C=O) groups excluding carboxylic acids is 2. The maximum Gasteiger partial charge on any atom is 0.309 e. The molecule has 2 heterocycles. The number of amides is 1. The molecule has 7 nitrogen and oxygen atoms in total. The van der Waals surface area contributed by atoms with E-state index in [4.69, 9.17) is 4.74 Å². The number of ether oxygens (including phenoxy) is 1. The average Bonchev–Trinajstić information content (AvgIpc) is 3.25. The summed E-state index contributed by atoms with van der Waals surface area (Å²) in [6.07, 6.45) is 4.06. The second kappa shape index (κ2) is 9.57. The summed E-state index contributed by atoms with van der Waals surface area (Å²) in [5.41, 5.74) is 0. The van der Waals surface area contributed by atoms with Crippen molar-refractivity contribution in [1.29, 1.82) is 0 Å². The molecule has 9 heteroatoms. The van der Waals surface area contributed by atoms with Crippen LogP contribution in [0.2, 0.25) is 0 Å². The van der Waals surface area contributed by atoms with Crippen molar-refractivity contribution in [3.8, 4) is 0 Å². The molecule has 1 aromatic rings. The molecule has 2 fully saturated rings. The molecule has 1 N–H and O–H groups in total. The van der Waals surface area contributed by atoms with Gasteiger partial charge in [-0.15, -0.1) is 11.3 Å². The molecule has 3 atom stereocenters. The maximum atomic E-state index is 12.5. The van der Waals surface area contributed by atoms with Crippen LogP contribution in [0.1, 0.15) is 46.0 Å². The summed E-state index contributed by atoms with van der Waals surface area (Å²) >= 11 is 1.19. The van der Waals surface area contributed by atoms with Crippen LogP contribution >= 0.6 is 11.3 Å². The Labute approximate surface area is 176 Å². The van der Waals surface area contributed by atoms with Crippen LogP contribution in [0.25, 0.3) is 0 Å². The largest absolute Gasteiger partial charge is 0.455 e. The first-order valence-electron chi connectivity index (χ1n) is 10.3. The summed E-state index contributed by atoms with van der Waals surface area (Å²) in [4.78, 5) is 24.5. The fourth-order valence-corrected chi connectivity index (χ4v) is 6.77. The van der Waals surface area contributed by atoms with Crippen molar-refractivity contribution >= 4 is 33.2 Å². The third-order valence-corrected chi connectivity index (χ3v) is 9.55. The number of rotatable bonds is 6. The highest BCUT2D eigenvalue weighted by Gasteiger charge is 2.34. The number of nitrogens with zero attached hydrogens (tertiary/aromatic N) is 1. The van der Waals surface area contributed by atoms with Crippen molar-refractivity contribution in [3.05, 3.63) is 17.5 Å². The van der Waals surface area contributed by atoms with E-state index in [-0.39, 0.29) is 37.6 Å². The van der Waals surface area contributed by atoms with E-state index in [2.05, 4.69) is 19.2 Å². The van der Waals surface area contributed by atoms with Crippen molar-refractivity contribution in [1.82, 2.24) is 9.62 Å². The van der Waals surface area contributed by atoms with Gasteiger partial charge in [0.25, 0.3) is 15.9 Å². The average molecular weight is 443 g/mol. The first kappa shape index (κ1) is 22.2. The second-order valence-electron chi connectivity index (χ2n) is 8.16. The van der Waals surface area contributed by atoms with E-state index in [0.29, 0.717) is 28.9 Å². The smallest absolute Gasteiger partial charge is 0.309 e. The number of carbonyl (C=O) groups is 2. The van der Waals surface area contributed by atoms with E-state index >= 15 is 0 Å². The minimum atomic E-state index is -3.48. The van der Waals surface area contributed by atoms with Crippen molar-refractivity contribution < 1.29 is 22.7 Å². The van der Waals surface area contributed by atoms with E-state index in [0.717, 1.165) is 12.8 Å². The highest BCUT2D eigenvalue weighted by Crippen LogP contribution is 2.29. The van der Waals surface area contributed by atoms with Gasteiger partial charge in [-0.25, -0.2) is 8.42 Å². The zero-order valence-corrected chi connectivity index (χ0v) is 18.6. The monoisotopic (exact) mass is 442 g/mol. The Morgan fingerprint density at radius 2 is 1.93 bits per heavy atom. The molecule has 0 spiro atoms. The zero-order valence-electron chi connectivity index (χ0n) is 17.0. The first-order valence-corrected chi connectivity index (χ1v) is 12.6. The molecule has 0 bridgehead atoms. The molecule has 1 aliphatic heterocycles. The predicted molar refractivity (Wildman–Crippen MR) is 111 cm³/mol. The van der Waals surface area contributed by atoms with Gasteiger partial charge in [0, 0.05) is 19.1 Å². The fourth-order valence-electron chi connectivity index (χ4n) is 4.16.